The molecule has 0 bridgehead atoms. The summed E-state index contributed by atoms with van der Waals surface area (Å²) in [7, 11) is 0. The predicted octanol–water partition coefficient (Wildman–Crippen LogP) is 17.6. The Morgan fingerprint density at radius 2 is 0.836 bits per heavy atom. The van der Waals surface area contributed by atoms with Crippen LogP contribution in [-0.4, -0.2) is 0 Å². The van der Waals surface area contributed by atoms with E-state index in [4.69, 9.17) is 4.42 Å². The van der Waals surface area contributed by atoms with Crippen molar-refractivity contribution in [2.24, 2.45) is 0 Å². The van der Waals surface area contributed by atoms with E-state index in [1.165, 1.54) is 77.5 Å². The zero-order chi connectivity index (χ0) is 44.3. The minimum atomic E-state index is -0.635. The van der Waals surface area contributed by atoms with Crippen LogP contribution >= 0.6 is 0 Å². The van der Waals surface area contributed by atoms with Crippen LogP contribution in [0, 0.1) is 0 Å². The molecule has 1 aliphatic carbocycles. The highest BCUT2D eigenvalue weighted by Gasteiger charge is 2.46. The maximum Gasteiger partial charge on any atom is 0.137 e. The third-order valence-electron chi connectivity index (χ3n) is 13.9. The summed E-state index contributed by atoms with van der Waals surface area (Å²) in [5.74, 6) is 0. The van der Waals surface area contributed by atoms with Gasteiger partial charge in [0.25, 0.3) is 0 Å². The number of hydrogen-bond acceptors (Lipinski definition) is 2. The Morgan fingerprint density at radius 1 is 0.313 bits per heavy atom. The van der Waals surface area contributed by atoms with Gasteiger partial charge in [-0.25, -0.2) is 0 Å². The maximum absolute atomic E-state index is 6.53. The molecule has 0 radical (unpaired) electrons. The van der Waals surface area contributed by atoms with Gasteiger partial charge in [-0.15, -0.1) is 0 Å². The molecule has 314 valence electrons. The molecular formula is C65H43NO. The lowest BCUT2D eigenvalue weighted by Crippen LogP contribution is -2.28. The molecule has 0 saturated heterocycles. The standard InChI is InChI=1S/C65H43NO/c1-4-17-44(18-5-1)45-33-36-52(37-34-45)66(61-30-16-32-63-64(61)58-28-12-13-31-62(58)67-63)53-38-40-57-56-39-35-48(47-21-14-22-49(41-47)55-29-15-20-46-19-10-11-27-54(46)55)42-59(56)65(60(57)43-53,50-23-6-2-7-24-50)51-25-8-3-9-26-51/h1-43H. The molecule has 67 heavy (non-hydrogen) atoms. The van der Waals surface area contributed by atoms with Gasteiger partial charge in [-0.1, -0.05) is 206 Å². The smallest absolute Gasteiger partial charge is 0.137 e. The van der Waals surface area contributed by atoms with Crippen LogP contribution in [0.5, 0.6) is 0 Å². The van der Waals surface area contributed by atoms with Crippen molar-refractivity contribution in [3.05, 3.63) is 283 Å². The number of nitrogens with zero attached hydrogens (tertiary/aromatic N) is 1. The van der Waals surface area contributed by atoms with Crippen LogP contribution in [0.1, 0.15) is 22.3 Å². The molecule has 0 saturated carbocycles. The fourth-order valence-electron chi connectivity index (χ4n) is 10.9. The first-order chi connectivity index (χ1) is 33.2. The summed E-state index contributed by atoms with van der Waals surface area (Å²) in [6, 6.07) is 95.2. The summed E-state index contributed by atoms with van der Waals surface area (Å²) in [5, 5.41) is 4.68. The molecule has 13 rings (SSSR count). The van der Waals surface area contributed by atoms with Crippen LogP contribution in [0.2, 0.25) is 0 Å². The van der Waals surface area contributed by atoms with E-state index in [1.807, 2.05) is 6.07 Å². The van der Waals surface area contributed by atoms with Crippen LogP contribution < -0.4 is 4.90 Å². The van der Waals surface area contributed by atoms with Gasteiger partial charge in [0, 0.05) is 16.8 Å². The van der Waals surface area contributed by atoms with Crippen molar-refractivity contribution in [3.63, 3.8) is 0 Å². The van der Waals surface area contributed by atoms with Gasteiger partial charge >= 0.3 is 0 Å². The van der Waals surface area contributed by atoms with Crippen LogP contribution in [-0.2, 0) is 5.41 Å². The molecule has 0 fully saturated rings. The molecular weight excluding hydrogens is 811 g/mol. The van der Waals surface area contributed by atoms with Gasteiger partial charge in [-0.05, 0) is 132 Å². The fraction of sp³-hybridized carbons (Fsp3) is 0.0154. The average molecular weight is 854 g/mol. The first kappa shape index (κ1) is 38.7. The molecule has 2 heteroatoms. The van der Waals surface area contributed by atoms with Gasteiger partial charge in [0.15, 0.2) is 0 Å². The summed E-state index contributed by atoms with van der Waals surface area (Å²) >= 11 is 0. The second-order valence-electron chi connectivity index (χ2n) is 17.6. The number of benzene rings is 11. The summed E-state index contributed by atoms with van der Waals surface area (Å²) < 4.78 is 6.53. The first-order valence-electron chi connectivity index (χ1n) is 23.1. The third-order valence-corrected chi connectivity index (χ3v) is 13.9. The van der Waals surface area contributed by atoms with E-state index in [9.17, 15) is 0 Å². The van der Waals surface area contributed by atoms with Gasteiger partial charge in [-0.3, -0.25) is 0 Å². The quantitative estimate of drug-likeness (QED) is 0.151. The maximum atomic E-state index is 6.53. The molecule has 0 spiro atoms. The predicted molar refractivity (Wildman–Crippen MR) is 280 cm³/mol. The van der Waals surface area contributed by atoms with Crippen molar-refractivity contribution in [2.75, 3.05) is 4.90 Å². The molecule has 1 aliphatic rings. The molecule has 2 nitrogen and oxygen atoms in total. The topological polar surface area (TPSA) is 16.4 Å². The van der Waals surface area contributed by atoms with E-state index >= 15 is 0 Å². The van der Waals surface area contributed by atoms with E-state index in [0.717, 1.165) is 39.0 Å². The Labute approximate surface area is 390 Å². The Bertz CT molecular complexity index is 3750. The largest absolute Gasteiger partial charge is 0.456 e. The lowest BCUT2D eigenvalue weighted by atomic mass is 9.67. The number of rotatable bonds is 8. The van der Waals surface area contributed by atoms with Crippen LogP contribution in [0.3, 0.4) is 0 Å². The zero-order valence-electron chi connectivity index (χ0n) is 36.7. The number of fused-ring (bicyclic) bond motifs is 7. The Hall–Kier alpha value is -8.72. The molecule has 1 heterocycles. The second-order valence-corrected chi connectivity index (χ2v) is 17.6. The lowest BCUT2D eigenvalue weighted by molar-refractivity contribution is 0.669. The monoisotopic (exact) mass is 853 g/mol. The highest BCUT2D eigenvalue weighted by Crippen LogP contribution is 2.58. The van der Waals surface area contributed by atoms with Crippen LogP contribution in [0.15, 0.2) is 265 Å². The Kier molecular flexibility index (Phi) is 9.11. The third kappa shape index (κ3) is 6.26. The van der Waals surface area contributed by atoms with Gasteiger partial charge in [0.1, 0.15) is 11.2 Å². The normalized spacial score (nSPS) is 12.6. The van der Waals surface area contributed by atoms with E-state index in [0.29, 0.717) is 0 Å². The Morgan fingerprint density at radius 3 is 1.61 bits per heavy atom. The van der Waals surface area contributed by atoms with Gasteiger partial charge in [0.05, 0.1) is 16.5 Å². The van der Waals surface area contributed by atoms with Crippen LogP contribution in [0.4, 0.5) is 17.1 Å². The van der Waals surface area contributed by atoms with E-state index in [1.54, 1.807) is 0 Å². The summed E-state index contributed by atoms with van der Waals surface area (Å²) in [6.07, 6.45) is 0. The van der Waals surface area contributed by atoms with Crippen molar-refractivity contribution in [1.82, 2.24) is 0 Å². The lowest BCUT2D eigenvalue weighted by Gasteiger charge is -2.35. The molecule has 0 N–H and O–H groups in total. The molecule has 0 aliphatic heterocycles. The van der Waals surface area contributed by atoms with Crippen molar-refractivity contribution < 1.29 is 4.42 Å². The minimum absolute atomic E-state index is 0.635. The number of hydrogen-bond donors (Lipinski definition) is 0. The molecule has 12 aromatic rings. The first-order valence-corrected chi connectivity index (χ1v) is 23.1. The number of furan rings is 1. The molecule has 11 aromatic carbocycles. The van der Waals surface area contributed by atoms with E-state index < -0.39 is 5.41 Å². The molecule has 0 amide bonds. The minimum Gasteiger partial charge on any atom is -0.456 e. The van der Waals surface area contributed by atoms with Crippen molar-refractivity contribution in [1.29, 1.82) is 0 Å². The number of para-hydroxylation sites is 1. The van der Waals surface area contributed by atoms with E-state index in [-0.39, 0.29) is 0 Å². The average Bonchev–Trinajstić information content (AvgIpc) is 3.93. The van der Waals surface area contributed by atoms with Gasteiger partial charge in [0.2, 0.25) is 0 Å². The van der Waals surface area contributed by atoms with Gasteiger partial charge < -0.3 is 9.32 Å². The molecule has 1 aromatic heterocycles. The SMILES string of the molecule is c1ccc(-c2ccc(N(c3ccc4c(c3)C(c3ccccc3)(c3ccccc3)c3cc(-c5cccc(-c6cccc7ccccc67)c5)ccc3-4)c3cccc4oc5ccccc5c34)cc2)cc1. The van der Waals surface area contributed by atoms with Crippen molar-refractivity contribution in [3.8, 4) is 44.5 Å². The van der Waals surface area contributed by atoms with Crippen molar-refractivity contribution >= 4 is 49.8 Å². The fourth-order valence-corrected chi connectivity index (χ4v) is 10.9. The number of anilines is 3. The van der Waals surface area contributed by atoms with Crippen molar-refractivity contribution in [2.45, 2.75) is 5.41 Å². The molecule has 0 unspecified atom stereocenters. The highest BCUT2D eigenvalue weighted by molar-refractivity contribution is 6.13. The highest BCUT2D eigenvalue weighted by atomic mass is 16.3. The summed E-state index contributed by atoms with van der Waals surface area (Å²) in [4.78, 5) is 2.42. The second kappa shape index (κ2) is 15.8. The molecule has 0 atom stereocenters. The summed E-state index contributed by atoms with van der Waals surface area (Å²) in [5.41, 5.74) is 18.9. The summed E-state index contributed by atoms with van der Waals surface area (Å²) in [6.45, 7) is 0. The van der Waals surface area contributed by atoms with Crippen LogP contribution in [0.25, 0.3) is 77.2 Å². The van der Waals surface area contributed by atoms with E-state index in [2.05, 4.69) is 260 Å². The van der Waals surface area contributed by atoms with Gasteiger partial charge in [-0.2, -0.15) is 0 Å². The Balaban J connectivity index is 1.04. The zero-order valence-corrected chi connectivity index (χ0v) is 36.7.